The molecule has 6 rings (SSSR count). The summed E-state index contributed by atoms with van der Waals surface area (Å²) >= 11 is 4.47. The van der Waals surface area contributed by atoms with Gasteiger partial charge in [-0.05, 0) is 112 Å². The minimum Gasteiger partial charge on any atom is -0.506 e. The third-order valence-electron chi connectivity index (χ3n) is 9.90. The van der Waals surface area contributed by atoms with Gasteiger partial charge in [0.25, 0.3) is 0 Å². The molecule has 296 valence electrons. The highest BCUT2D eigenvalue weighted by Crippen LogP contribution is 2.48. The molecule has 0 amide bonds. The number of carbonyl (C=O) groups excluding carboxylic acids is 1. The molecule has 7 heteroatoms. The summed E-state index contributed by atoms with van der Waals surface area (Å²) in [7, 11) is 0. The van der Waals surface area contributed by atoms with Crippen LogP contribution < -0.4 is 4.74 Å². The molecule has 5 aromatic carbocycles. The molecule has 0 unspecified atom stereocenters. The van der Waals surface area contributed by atoms with Crippen molar-refractivity contribution in [1.82, 2.24) is 0 Å². The van der Waals surface area contributed by atoms with E-state index in [4.69, 9.17) is 9.73 Å². The van der Waals surface area contributed by atoms with E-state index in [1.54, 1.807) is 11.8 Å². The van der Waals surface area contributed by atoms with Crippen molar-refractivity contribution in [1.29, 1.82) is 0 Å². The summed E-state index contributed by atoms with van der Waals surface area (Å²) in [6.45, 7) is 22.6. The van der Waals surface area contributed by atoms with Gasteiger partial charge in [0.2, 0.25) is 5.78 Å². The second-order valence-corrected chi connectivity index (χ2v) is 21.0. The second kappa shape index (κ2) is 17.4. The Morgan fingerprint density at radius 1 is 0.596 bits per heavy atom. The number of rotatable bonds is 11. The molecule has 0 aromatic heterocycles. The second-order valence-electron chi connectivity index (χ2n) is 17.6. The van der Waals surface area contributed by atoms with E-state index in [0.29, 0.717) is 38.9 Å². The molecular weight excluding hydrogens is 759 g/mol. The van der Waals surface area contributed by atoms with Gasteiger partial charge < -0.3 is 9.84 Å². The number of unbranched alkanes of at least 4 members (excludes halogenated alkanes) is 1. The lowest BCUT2D eigenvalue weighted by atomic mass is 9.87. The average molecular weight is 814 g/mol. The van der Waals surface area contributed by atoms with Crippen LogP contribution in [0.4, 0.5) is 5.69 Å². The van der Waals surface area contributed by atoms with Crippen LogP contribution in [-0.4, -0.2) is 23.2 Å². The number of hydrogen-bond donors (Lipinski definition) is 1. The van der Waals surface area contributed by atoms with Crippen molar-refractivity contribution in [2.75, 3.05) is 6.61 Å². The van der Waals surface area contributed by atoms with Gasteiger partial charge in [-0.15, -0.1) is 0 Å². The number of aliphatic imine (C=N–C) groups is 1. The maximum atomic E-state index is 14.9. The lowest BCUT2D eigenvalue weighted by molar-refractivity contribution is 0.103. The van der Waals surface area contributed by atoms with E-state index in [9.17, 15) is 9.90 Å². The fourth-order valence-electron chi connectivity index (χ4n) is 6.35. The normalized spacial score (nSPS) is 14.1. The van der Waals surface area contributed by atoms with Crippen molar-refractivity contribution in [3.63, 3.8) is 0 Å². The first-order valence-corrected chi connectivity index (χ1v) is 22.2. The maximum absolute atomic E-state index is 14.9. The van der Waals surface area contributed by atoms with Crippen LogP contribution in [0.1, 0.15) is 115 Å². The molecule has 1 N–H and O–H groups in total. The number of benzene rings is 5. The Kier molecular flexibility index (Phi) is 12.9. The highest BCUT2D eigenvalue weighted by molar-refractivity contribution is 8.04. The van der Waals surface area contributed by atoms with Gasteiger partial charge in [0.1, 0.15) is 11.5 Å². The number of thioether (sulfide) groups is 1. The molecule has 57 heavy (non-hydrogen) atoms. The number of ketones is 1. The number of fused-ring (bicyclic) bond motifs is 1. The number of nitrogens with zero attached hydrogens (tertiary/aromatic N) is 1. The number of hydrogen-bond acceptors (Lipinski definition) is 7. The van der Waals surface area contributed by atoms with Gasteiger partial charge in [-0.1, -0.05) is 147 Å². The quantitative estimate of drug-likeness (QED) is 0.134. The molecular formula is C50H55NO3S3. The molecule has 0 heterocycles. The Morgan fingerprint density at radius 3 is 1.51 bits per heavy atom. The average Bonchev–Trinajstić information content (AvgIpc) is 3.15. The first kappa shape index (κ1) is 42.4. The van der Waals surface area contributed by atoms with Crippen LogP contribution in [0, 0.1) is 0 Å². The third-order valence-corrected chi connectivity index (χ3v) is 13.0. The van der Waals surface area contributed by atoms with Crippen molar-refractivity contribution in [3.8, 4) is 11.5 Å². The van der Waals surface area contributed by atoms with Gasteiger partial charge in [0.05, 0.1) is 38.9 Å². The van der Waals surface area contributed by atoms with Crippen LogP contribution in [0.25, 0.3) is 0 Å². The van der Waals surface area contributed by atoms with Crippen LogP contribution in [-0.2, 0) is 16.2 Å². The van der Waals surface area contributed by atoms with E-state index < -0.39 is 0 Å². The predicted molar refractivity (Wildman–Crippen MR) is 243 cm³/mol. The molecule has 4 nitrogen and oxygen atoms in total. The van der Waals surface area contributed by atoms with Gasteiger partial charge in [0.15, 0.2) is 0 Å². The SMILES string of the molecule is CCCCOc1ccc(N=C2C=C(Sc3ccc(C(C)(C)C)cc3)C(=O)c3c(Sc4ccc(C(C)(C)C)cc4)cc(Sc4ccc(C(C)(C)C)cc4)c(O)c32)cc1. The zero-order valence-corrected chi connectivity index (χ0v) is 37.4. The minimum atomic E-state index is -0.135. The van der Waals surface area contributed by atoms with Crippen LogP contribution >= 0.6 is 35.3 Å². The van der Waals surface area contributed by atoms with Crippen molar-refractivity contribution in [2.45, 2.75) is 123 Å². The number of allylic oxidation sites excluding steroid dienone is 2. The Morgan fingerprint density at radius 2 is 1.05 bits per heavy atom. The summed E-state index contributed by atoms with van der Waals surface area (Å²) in [4.78, 5) is 25.0. The van der Waals surface area contributed by atoms with E-state index in [0.717, 1.165) is 38.2 Å². The molecule has 5 aromatic rings. The fraction of sp³-hybridized carbons (Fsp3) is 0.320. The molecule has 1 aliphatic rings. The highest BCUT2D eigenvalue weighted by Gasteiger charge is 2.33. The monoisotopic (exact) mass is 813 g/mol. The molecule has 0 aliphatic heterocycles. The lowest BCUT2D eigenvalue weighted by Gasteiger charge is -2.24. The van der Waals surface area contributed by atoms with E-state index in [2.05, 4.69) is 142 Å². The standard InChI is InChI=1S/C50H55NO3S3/c1-11-12-29-54-36-21-19-35(20-22-36)51-40-30-42(56-38-25-15-33(16-26-38)49(5,6)7)47(53)45-41(55-37-23-13-32(14-24-37)48(2,3)4)31-43(46(52)44(40)45)57-39-27-17-34(18-28-39)50(8,9)10/h13-28,30-31,52H,11-12,29H2,1-10H3. The van der Waals surface area contributed by atoms with Crippen molar-refractivity contribution < 1.29 is 14.6 Å². The first-order chi connectivity index (χ1) is 26.9. The van der Waals surface area contributed by atoms with E-state index in [1.165, 1.54) is 40.2 Å². The Hall–Kier alpha value is -4.17. The van der Waals surface area contributed by atoms with E-state index in [1.807, 2.05) is 36.4 Å². The smallest absolute Gasteiger partial charge is 0.201 e. The van der Waals surface area contributed by atoms with Crippen LogP contribution in [0.15, 0.2) is 144 Å². The molecule has 0 atom stereocenters. The van der Waals surface area contributed by atoms with Gasteiger partial charge >= 0.3 is 0 Å². The number of phenols is 1. The Balaban J connectivity index is 1.50. The van der Waals surface area contributed by atoms with Gasteiger partial charge in [-0.3, -0.25) is 4.79 Å². The summed E-state index contributed by atoms with van der Waals surface area (Å²) < 4.78 is 5.94. The largest absolute Gasteiger partial charge is 0.506 e. The fourth-order valence-corrected chi connectivity index (χ4v) is 9.21. The minimum absolute atomic E-state index is 0.0103. The van der Waals surface area contributed by atoms with Crippen LogP contribution in [0.3, 0.4) is 0 Å². The van der Waals surface area contributed by atoms with Crippen LogP contribution in [0.2, 0.25) is 0 Å². The molecule has 0 saturated carbocycles. The molecule has 0 fully saturated rings. The molecule has 0 spiro atoms. The van der Waals surface area contributed by atoms with Gasteiger partial charge in [-0.25, -0.2) is 4.99 Å². The highest BCUT2D eigenvalue weighted by atomic mass is 32.2. The van der Waals surface area contributed by atoms with Crippen molar-refractivity contribution >= 4 is 52.5 Å². The summed E-state index contributed by atoms with van der Waals surface area (Å²) in [5, 5.41) is 12.3. The maximum Gasteiger partial charge on any atom is 0.201 e. The molecule has 1 aliphatic carbocycles. The van der Waals surface area contributed by atoms with Crippen LogP contribution in [0.5, 0.6) is 11.5 Å². The van der Waals surface area contributed by atoms with Gasteiger partial charge in [-0.2, -0.15) is 0 Å². The van der Waals surface area contributed by atoms with Crippen molar-refractivity contribution in [2.24, 2.45) is 4.99 Å². The number of ether oxygens (including phenoxy) is 1. The number of Topliss-reactive ketones (excluding diaryl/α,β-unsaturated/α-hetero) is 1. The molecule has 0 bridgehead atoms. The summed E-state index contributed by atoms with van der Waals surface area (Å²) in [5.74, 6) is 0.694. The number of phenolic OH excluding ortho intramolecular Hbond substituents is 1. The van der Waals surface area contributed by atoms with Crippen molar-refractivity contribution in [3.05, 3.63) is 142 Å². The number of carbonyl (C=O) groups is 1. The first-order valence-electron chi connectivity index (χ1n) is 19.7. The summed E-state index contributed by atoms with van der Waals surface area (Å²) in [5.41, 5.74) is 5.88. The zero-order chi connectivity index (χ0) is 41.1. The Bertz CT molecular complexity index is 2270. The van der Waals surface area contributed by atoms with E-state index >= 15 is 0 Å². The number of aromatic hydroxyl groups is 1. The summed E-state index contributed by atoms with van der Waals surface area (Å²) in [6, 6.07) is 35.2. The molecule has 0 saturated heterocycles. The lowest BCUT2D eigenvalue weighted by Crippen LogP contribution is -2.18. The third kappa shape index (κ3) is 10.5. The van der Waals surface area contributed by atoms with Gasteiger partial charge in [0, 0.05) is 19.6 Å². The summed E-state index contributed by atoms with van der Waals surface area (Å²) in [6.07, 6.45) is 3.89. The topological polar surface area (TPSA) is 58.9 Å². The van der Waals surface area contributed by atoms with E-state index in [-0.39, 0.29) is 27.8 Å². The molecule has 0 radical (unpaired) electrons. The Labute approximate surface area is 353 Å². The zero-order valence-electron chi connectivity index (χ0n) is 34.9. The predicted octanol–water partition coefficient (Wildman–Crippen LogP) is 14.8.